The van der Waals surface area contributed by atoms with Crippen LogP contribution in [0.3, 0.4) is 0 Å². The van der Waals surface area contributed by atoms with Crippen molar-refractivity contribution in [1.82, 2.24) is 9.88 Å². The fourth-order valence-corrected chi connectivity index (χ4v) is 2.27. The van der Waals surface area contributed by atoms with Gasteiger partial charge in [-0.15, -0.1) is 0 Å². The summed E-state index contributed by atoms with van der Waals surface area (Å²) in [5.74, 6) is 0. The van der Waals surface area contributed by atoms with Crippen molar-refractivity contribution >= 4 is 0 Å². The van der Waals surface area contributed by atoms with Gasteiger partial charge in [0.2, 0.25) is 0 Å². The number of pyridine rings is 1. The molecule has 0 spiro atoms. The Labute approximate surface area is 86.0 Å². The summed E-state index contributed by atoms with van der Waals surface area (Å²) in [5.41, 5.74) is 2.60. The van der Waals surface area contributed by atoms with Gasteiger partial charge in [-0.2, -0.15) is 0 Å². The third kappa shape index (κ3) is 1.80. The minimum atomic E-state index is 0.546. The first-order valence-corrected chi connectivity index (χ1v) is 5.41. The van der Waals surface area contributed by atoms with Gasteiger partial charge in [0.15, 0.2) is 0 Å². The zero-order chi connectivity index (χ0) is 9.97. The second-order valence-electron chi connectivity index (χ2n) is 4.20. The third-order valence-electron chi connectivity index (χ3n) is 3.14. The molecular formula is C12H18N2. The van der Waals surface area contributed by atoms with E-state index >= 15 is 0 Å². The Hall–Kier alpha value is -0.890. The minimum Gasteiger partial charge on any atom is -0.298 e. The monoisotopic (exact) mass is 190 g/mol. The van der Waals surface area contributed by atoms with Gasteiger partial charge in [0, 0.05) is 6.20 Å². The van der Waals surface area contributed by atoms with Crippen LogP contribution in [0.5, 0.6) is 0 Å². The summed E-state index contributed by atoms with van der Waals surface area (Å²) in [6, 6.07) is 4.72. The Morgan fingerprint density at radius 3 is 3.00 bits per heavy atom. The van der Waals surface area contributed by atoms with Gasteiger partial charge in [-0.05, 0) is 45.0 Å². The molecule has 2 rings (SSSR count). The summed E-state index contributed by atoms with van der Waals surface area (Å²) < 4.78 is 0. The van der Waals surface area contributed by atoms with Crippen molar-refractivity contribution in [3.8, 4) is 0 Å². The highest BCUT2D eigenvalue weighted by atomic mass is 15.1. The molecule has 0 aliphatic carbocycles. The molecule has 2 heteroatoms. The van der Waals surface area contributed by atoms with Crippen molar-refractivity contribution in [2.24, 2.45) is 0 Å². The smallest absolute Gasteiger partial charge is 0.0604 e. The normalized spacial score (nSPS) is 23.7. The number of aromatic nitrogens is 1. The lowest BCUT2D eigenvalue weighted by Crippen LogP contribution is -2.30. The van der Waals surface area contributed by atoms with Crippen molar-refractivity contribution in [3.63, 3.8) is 0 Å². The topological polar surface area (TPSA) is 16.1 Å². The Kier molecular flexibility index (Phi) is 2.82. The molecule has 1 aromatic heterocycles. The molecule has 0 radical (unpaired) electrons. The van der Waals surface area contributed by atoms with Gasteiger partial charge in [0.1, 0.15) is 0 Å². The molecule has 1 aliphatic heterocycles. The quantitative estimate of drug-likeness (QED) is 0.676. The van der Waals surface area contributed by atoms with E-state index in [4.69, 9.17) is 0 Å². The Bertz CT molecular complexity index is 309. The van der Waals surface area contributed by atoms with E-state index < -0.39 is 0 Å². The first-order valence-electron chi connectivity index (χ1n) is 5.41. The van der Waals surface area contributed by atoms with Gasteiger partial charge in [0.25, 0.3) is 0 Å². The van der Waals surface area contributed by atoms with E-state index in [0.29, 0.717) is 6.04 Å². The van der Waals surface area contributed by atoms with Crippen molar-refractivity contribution in [3.05, 3.63) is 29.6 Å². The summed E-state index contributed by atoms with van der Waals surface area (Å²) >= 11 is 0. The van der Waals surface area contributed by atoms with Crippen LogP contribution in [-0.4, -0.2) is 23.5 Å². The number of piperidine rings is 1. The van der Waals surface area contributed by atoms with E-state index in [0.717, 1.165) is 0 Å². The molecule has 1 aliphatic rings. The first kappa shape index (κ1) is 9.66. The fourth-order valence-electron chi connectivity index (χ4n) is 2.27. The van der Waals surface area contributed by atoms with Crippen LogP contribution in [0.25, 0.3) is 0 Å². The number of hydrogen-bond acceptors (Lipinski definition) is 2. The molecule has 1 saturated heterocycles. The number of rotatable bonds is 1. The predicted molar refractivity (Wildman–Crippen MR) is 58.2 cm³/mol. The molecular weight excluding hydrogens is 172 g/mol. The van der Waals surface area contributed by atoms with Crippen LogP contribution < -0.4 is 0 Å². The third-order valence-corrected chi connectivity index (χ3v) is 3.14. The summed E-state index contributed by atoms with van der Waals surface area (Å²) in [4.78, 5) is 6.94. The molecule has 0 bridgehead atoms. The molecule has 2 nitrogen and oxygen atoms in total. The molecule has 0 amide bonds. The highest BCUT2D eigenvalue weighted by Crippen LogP contribution is 2.29. The molecule has 2 heterocycles. The molecule has 76 valence electrons. The molecule has 0 aromatic carbocycles. The van der Waals surface area contributed by atoms with E-state index in [1.807, 2.05) is 12.3 Å². The Morgan fingerprint density at radius 2 is 2.29 bits per heavy atom. The maximum atomic E-state index is 4.51. The maximum Gasteiger partial charge on any atom is 0.0604 e. The lowest BCUT2D eigenvalue weighted by molar-refractivity contribution is 0.183. The number of nitrogens with zero attached hydrogens (tertiary/aromatic N) is 2. The van der Waals surface area contributed by atoms with Crippen LogP contribution in [0.1, 0.15) is 36.6 Å². The number of aryl methyl sites for hydroxylation is 1. The van der Waals surface area contributed by atoms with Gasteiger partial charge in [-0.1, -0.05) is 12.5 Å². The van der Waals surface area contributed by atoms with Crippen LogP contribution in [0.15, 0.2) is 18.3 Å². The van der Waals surface area contributed by atoms with Gasteiger partial charge in [-0.25, -0.2) is 0 Å². The highest BCUT2D eigenvalue weighted by molar-refractivity contribution is 5.21. The van der Waals surface area contributed by atoms with Crippen molar-refractivity contribution in [1.29, 1.82) is 0 Å². The molecule has 1 unspecified atom stereocenters. The largest absolute Gasteiger partial charge is 0.298 e. The lowest BCUT2D eigenvalue weighted by atomic mass is 9.97. The lowest BCUT2D eigenvalue weighted by Gasteiger charge is -2.32. The summed E-state index contributed by atoms with van der Waals surface area (Å²) in [6.07, 6.45) is 5.84. The average Bonchev–Trinajstić information content (AvgIpc) is 2.20. The van der Waals surface area contributed by atoms with Crippen molar-refractivity contribution in [2.45, 2.75) is 32.2 Å². The van der Waals surface area contributed by atoms with Crippen LogP contribution in [0.4, 0.5) is 0 Å². The zero-order valence-corrected chi connectivity index (χ0v) is 9.03. The minimum absolute atomic E-state index is 0.546. The van der Waals surface area contributed by atoms with Gasteiger partial charge >= 0.3 is 0 Å². The van der Waals surface area contributed by atoms with Gasteiger partial charge in [-0.3, -0.25) is 9.88 Å². The van der Waals surface area contributed by atoms with Gasteiger partial charge < -0.3 is 0 Å². The fraction of sp³-hybridized carbons (Fsp3) is 0.583. The number of likely N-dealkylation sites (tertiary alicyclic amines) is 1. The van der Waals surface area contributed by atoms with Crippen LogP contribution in [-0.2, 0) is 0 Å². The molecule has 1 atom stereocenters. The Balaban J connectivity index is 2.25. The summed E-state index contributed by atoms with van der Waals surface area (Å²) in [6.45, 7) is 3.37. The molecule has 1 aromatic rings. The summed E-state index contributed by atoms with van der Waals surface area (Å²) in [7, 11) is 2.21. The second-order valence-corrected chi connectivity index (χ2v) is 4.20. The zero-order valence-electron chi connectivity index (χ0n) is 9.03. The molecule has 14 heavy (non-hydrogen) atoms. The first-order chi connectivity index (χ1) is 6.79. The van der Waals surface area contributed by atoms with E-state index in [2.05, 4.69) is 29.9 Å². The second kappa shape index (κ2) is 4.09. The van der Waals surface area contributed by atoms with E-state index in [-0.39, 0.29) is 0 Å². The van der Waals surface area contributed by atoms with Crippen LogP contribution >= 0.6 is 0 Å². The Morgan fingerprint density at radius 1 is 1.43 bits per heavy atom. The number of hydrogen-bond donors (Lipinski definition) is 0. The molecule has 0 N–H and O–H groups in total. The van der Waals surface area contributed by atoms with Crippen LogP contribution in [0, 0.1) is 6.92 Å². The van der Waals surface area contributed by atoms with E-state index in [9.17, 15) is 0 Å². The van der Waals surface area contributed by atoms with Crippen LogP contribution in [0.2, 0.25) is 0 Å². The van der Waals surface area contributed by atoms with E-state index in [1.54, 1.807) is 0 Å². The standard InChI is InChI=1S/C12H18N2/c1-10-6-5-8-13-12(10)11-7-3-4-9-14(11)2/h5-6,8,11H,3-4,7,9H2,1-2H3. The van der Waals surface area contributed by atoms with Gasteiger partial charge in [0.05, 0.1) is 11.7 Å². The molecule has 1 fully saturated rings. The van der Waals surface area contributed by atoms with Crippen molar-refractivity contribution < 1.29 is 0 Å². The summed E-state index contributed by atoms with van der Waals surface area (Å²) in [5, 5.41) is 0. The van der Waals surface area contributed by atoms with Crippen molar-refractivity contribution in [2.75, 3.05) is 13.6 Å². The highest BCUT2D eigenvalue weighted by Gasteiger charge is 2.22. The average molecular weight is 190 g/mol. The molecule has 0 saturated carbocycles. The SMILES string of the molecule is Cc1cccnc1C1CCCCN1C. The predicted octanol–water partition coefficient (Wildman–Crippen LogP) is 2.55. The van der Waals surface area contributed by atoms with E-state index in [1.165, 1.54) is 37.1 Å². The maximum absolute atomic E-state index is 4.51.